The summed E-state index contributed by atoms with van der Waals surface area (Å²) in [5.74, 6) is -1.79. The maximum atomic E-state index is 12.4. The SMILES string of the molecule is O=C(Cn1ncc2ccccc2c1=O)N[C@H](C(=O)O)c1ccccc1. The average Bonchev–Trinajstić information content (AvgIpc) is 2.63. The van der Waals surface area contributed by atoms with Gasteiger partial charge in [0.25, 0.3) is 5.56 Å². The molecule has 126 valence electrons. The summed E-state index contributed by atoms with van der Waals surface area (Å²) in [6, 6.07) is 14.1. The summed E-state index contributed by atoms with van der Waals surface area (Å²) < 4.78 is 1.02. The van der Waals surface area contributed by atoms with Gasteiger partial charge in [-0.1, -0.05) is 48.5 Å². The van der Waals surface area contributed by atoms with Crippen molar-refractivity contribution in [3.63, 3.8) is 0 Å². The summed E-state index contributed by atoms with van der Waals surface area (Å²) in [6.07, 6.45) is 1.50. The number of carboxylic acids is 1. The van der Waals surface area contributed by atoms with Gasteiger partial charge in [-0.25, -0.2) is 9.48 Å². The van der Waals surface area contributed by atoms with Gasteiger partial charge in [0.1, 0.15) is 6.54 Å². The number of fused-ring (bicyclic) bond motifs is 1. The summed E-state index contributed by atoms with van der Waals surface area (Å²) in [7, 11) is 0. The molecule has 1 amide bonds. The van der Waals surface area contributed by atoms with E-state index in [4.69, 9.17) is 0 Å². The van der Waals surface area contributed by atoms with Gasteiger partial charge in [0.15, 0.2) is 6.04 Å². The van der Waals surface area contributed by atoms with Gasteiger partial charge in [0.2, 0.25) is 5.91 Å². The molecule has 0 bridgehead atoms. The Morgan fingerprint density at radius 3 is 2.48 bits per heavy atom. The molecule has 3 aromatic rings. The van der Waals surface area contributed by atoms with Gasteiger partial charge in [-0.15, -0.1) is 0 Å². The largest absolute Gasteiger partial charge is 0.479 e. The van der Waals surface area contributed by atoms with Crippen LogP contribution in [0.15, 0.2) is 65.6 Å². The Morgan fingerprint density at radius 2 is 1.76 bits per heavy atom. The van der Waals surface area contributed by atoms with Gasteiger partial charge in [-0.2, -0.15) is 5.10 Å². The molecule has 1 atom stereocenters. The number of aromatic nitrogens is 2. The van der Waals surface area contributed by atoms with Gasteiger partial charge < -0.3 is 10.4 Å². The highest BCUT2D eigenvalue weighted by Crippen LogP contribution is 2.12. The molecule has 0 aliphatic rings. The highest BCUT2D eigenvalue weighted by atomic mass is 16.4. The predicted octanol–water partition coefficient (Wildman–Crippen LogP) is 1.34. The molecular weight excluding hydrogens is 322 g/mol. The summed E-state index contributed by atoms with van der Waals surface area (Å²) in [5, 5.41) is 16.8. The Bertz CT molecular complexity index is 982. The van der Waals surface area contributed by atoms with Crippen LogP contribution in [0, 0.1) is 0 Å². The summed E-state index contributed by atoms with van der Waals surface area (Å²) in [6.45, 7) is -0.361. The smallest absolute Gasteiger partial charge is 0.330 e. The molecule has 0 saturated carbocycles. The fourth-order valence-electron chi connectivity index (χ4n) is 2.52. The first-order valence-corrected chi connectivity index (χ1v) is 7.58. The number of hydrogen-bond donors (Lipinski definition) is 2. The lowest BCUT2D eigenvalue weighted by atomic mass is 10.1. The van der Waals surface area contributed by atoms with Crippen LogP contribution in [-0.2, 0) is 16.1 Å². The van der Waals surface area contributed by atoms with Gasteiger partial charge in [0, 0.05) is 5.39 Å². The van der Waals surface area contributed by atoms with Crippen LogP contribution in [-0.4, -0.2) is 26.8 Å². The lowest BCUT2D eigenvalue weighted by Crippen LogP contribution is -2.38. The minimum absolute atomic E-state index is 0.361. The fraction of sp³-hybridized carbons (Fsp3) is 0.111. The van der Waals surface area contributed by atoms with E-state index in [-0.39, 0.29) is 6.54 Å². The molecule has 2 aromatic carbocycles. The molecular formula is C18H15N3O4. The van der Waals surface area contributed by atoms with E-state index < -0.39 is 23.5 Å². The molecule has 7 nitrogen and oxygen atoms in total. The Hall–Kier alpha value is -3.48. The van der Waals surface area contributed by atoms with Crippen LogP contribution in [0.1, 0.15) is 11.6 Å². The molecule has 1 heterocycles. The summed E-state index contributed by atoms with van der Waals surface area (Å²) >= 11 is 0. The first-order chi connectivity index (χ1) is 12.1. The zero-order valence-corrected chi connectivity index (χ0v) is 13.1. The van der Waals surface area contributed by atoms with E-state index in [1.165, 1.54) is 6.20 Å². The maximum Gasteiger partial charge on any atom is 0.330 e. The molecule has 0 saturated heterocycles. The van der Waals surface area contributed by atoms with Crippen molar-refractivity contribution in [3.8, 4) is 0 Å². The first kappa shape index (κ1) is 16.4. The molecule has 0 radical (unpaired) electrons. The second-order valence-corrected chi connectivity index (χ2v) is 5.44. The number of hydrogen-bond acceptors (Lipinski definition) is 4. The molecule has 0 spiro atoms. The number of aliphatic carboxylic acids is 1. The fourth-order valence-corrected chi connectivity index (χ4v) is 2.52. The summed E-state index contributed by atoms with van der Waals surface area (Å²) in [5.41, 5.74) is 0.0435. The van der Waals surface area contributed by atoms with Gasteiger partial charge in [-0.3, -0.25) is 9.59 Å². The second-order valence-electron chi connectivity index (χ2n) is 5.44. The minimum atomic E-state index is -1.19. The normalized spacial score (nSPS) is 11.8. The predicted molar refractivity (Wildman–Crippen MR) is 91.0 cm³/mol. The molecule has 2 N–H and O–H groups in total. The number of carboxylic acid groups (broad SMARTS) is 1. The number of nitrogens with zero attached hydrogens (tertiary/aromatic N) is 2. The van der Waals surface area contributed by atoms with E-state index in [0.29, 0.717) is 16.3 Å². The van der Waals surface area contributed by atoms with Gasteiger partial charge >= 0.3 is 5.97 Å². The third kappa shape index (κ3) is 3.55. The number of nitrogens with one attached hydrogen (secondary N) is 1. The van der Waals surface area contributed by atoms with Crippen molar-refractivity contribution in [2.75, 3.05) is 0 Å². The minimum Gasteiger partial charge on any atom is -0.479 e. The van der Waals surface area contributed by atoms with Crippen molar-refractivity contribution < 1.29 is 14.7 Å². The van der Waals surface area contributed by atoms with E-state index in [1.807, 2.05) is 0 Å². The van der Waals surface area contributed by atoms with Crippen LogP contribution in [0.25, 0.3) is 10.8 Å². The zero-order valence-electron chi connectivity index (χ0n) is 13.1. The maximum absolute atomic E-state index is 12.4. The monoisotopic (exact) mass is 337 g/mol. The van der Waals surface area contributed by atoms with Crippen molar-refractivity contribution in [1.29, 1.82) is 0 Å². The molecule has 1 aromatic heterocycles. The summed E-state index contributed by atoms with van der Waals surface area (Å²) in [4.78, 5) is 36.0. The lowest BCUT2D eigenvalue weighted by molar-refractivity contribution is -0.142. The Morgan fingerprint density at radius 1 is 1.08 bits per heavy atom. The number of amides is 1. The average molecular weight is 337 g/mol. The molecule has 0 aliphatic carbocycles. The second kappa shape index (κ2) is 6.96. The van der Waals surface area contributed by atoms with E-state index in [1.54, 1.807) is 54.6 Å². The highest BCUT2D eigenvalue weighted by molar-refractivity contribution is 5.85. The molecule has 7 heteroatoms. The number of benzene rings is 2. The van der Waals surface area contributed by atoms with Crippen molar-refractivity contribution in [3.05, 3.63) is 76.7 Å². The van der Waals surface area contributed by atoms with Gasteiger partial charge in [-0.05, 0) is 11.6 Å². The van der Waals surface area contributed by atoms with Gasteiger partial charge in [0.05, 0.1) is 11.6 Å². The zero-order chi connectivity index (χ0) is 17.8. The lowest BCUT2D eigenvalue weighted by Gasteiger charge is -2.15. The molecule has 25 heavy (non-hydrogen) atoms. The highest BCUT2D eigenvalue weighted by Gasteiger charge is 2.22. The van der Waals surface area contributed by atoms with E-state index in [0.717, 1.165) is 4.68 Å². The van der Waals surface area contributed by atoms with Crippen LogP contribution in [0.5, 0.6) is 0 Å². The van der Waals surface area contributed by atoms with Crippen LogP contribution in [0.3, 0.4) is 0 Å². The quantitative estimate of drug-likeness (QED) is 0.731. The molecule has 0 fully saturated rings. The number of carbonyl (C=O) groups excluding carboxylic acids is 1. The van der Waals surface area contributed by atoms with Crippen LogP contribution < -0.4 is 10.9 Å². The Labute approximate surface area is 142 Å². The van der Waals surface area contributed by atoms with Crippen molar-refractivity contribution >= 4 is 22.6 Å². The van der Waals surface area contributed by atoms with Crippen molar-refractivity contribution in [2.24, 2.45) is 0 Å². The molecule has 0 aliphatic heterocycles. The van der Waals surface area contributed by atoms with Crippen LogP contribution >= 0.6 is 0 Å². The van der Waals surface area contributed by atoms with Crippen molar-refractivity contribution in [2.45, 2.75) is 12.6 Å². The topological polar surface area (TPSA) is 101 Å². The van der Waals surface area contributed by atoms with Crippen LogP contribution in [0.2, 0.25) is 0 Å². The van der Waals surface area contributed by atoms with E-state index in [9.17, 15) is 19.5 Å². The molecule has 0 unspecified atom stereocenters. The number of carbonyl (C=O) groups is 2. The van der Waals surface area contributed by atoms with Crippen molar-refractivity contribution in [1.82, 2.24) is 15.1 Å². The molecule has 3 rings (SSSR count). The van der Waals surface area contributed by atoms with E-state index in [2.05, 4.69) is 10.4 Å². The third-order valence-electron chi connectivity index (χ3n) is 3.74. The first-order valence-electron chi connectivity index (χ1n) is 7.58. The Kier molecular flexibility index (Phi) is 4.56. The van der Waals surface area contributed by atoms with E-state index >= 15 is 0 Å². The Balaban J connectivity index is 1.81. The standard InChI is InChI=1S/C18H15N3O4/c22-15(20-16(18(24)25)12-6-2-1-3-7-12)11-21-17(23)14-9-5-4-8-13(14)10-19-21/h1-10,16H,11H2,(H,20,22)(H,24,25)/t16-/m0/s1. The van der Waals surface area contributed by atoms with Crippen LogP contribution in [0.4, 0.5) is 0 Å². The third-order valence-corrected chi connectivity index (χ3v) is 3.74. The number of rotatable bonds is 5.